The maximum Gasteiger partial charge on any atom is 0.244 e. The summed E-state index contributed by atoms with van der Waals surface area (Å²) in [5.41, 5.74) is 1.87. The van der Waals surface area contributed by atoms with Gasteiger partial charge in [0.2, 0.25) is 11.8 Å². The number of hydrogen-bond donors (Lipinski definition) is 2. The SMILES string of the molecule is CC1(C)Oc2c(O)cccc2[C@@H]2O[C@@H]3CCN(CC(=O)N4CC(=O)Nc5ccccc54)C[C@H]3C[C@H]21. The molecule has 0 bridgehead atoms. The normalized spacial score (nSPS) is 29.1. The molecular formula is C27H31N3O5. The van der Waals surface area contributed by atoms with Crippen LogP contribution in [-0.2, 0) is 14.3 Å². The molecule has 6 rings (SSSR count). The van der Waals surface area contributed by atoms with Gasteiger partial charge < -0.3 is 19.9 Å². The van der Waals surface area contributed by atoms with E-state index in [1.54, 1.807) is 11.0 Å². The van der Waals surface area contributed by atoms with Gasteiger partial charge in [0, 0.05) is 24.6 Å². The van der Waals surface area contributed by atoms with E-state index in [1.807, 2.05) is 36.4 Å². The van der Waals surface area contributed by atoms with Crippen LogP contribution < -0.4 is 15.0 Å². The molecule has 0 aromatic heterocycles. The molecule has 0 spiro atoms. The van der Waals surface area contributed by atoms with Crippen molar-refractivity contribution in [3.05, 3.63) is 48.0 Å². The summed E-state index contributed by atoms with van der Waals surface area (Å²) in [6.45, 7) is 5.97. The quantitative estimate of drug-likeness (QED) is 0.690. The highest BCUT2D eigenvalue weighted by Gasteiger charge is 2.52. The lowest BCUT2D eigenvalue weighted by atomic mass is 9.70. The fraction of sp³-hybridized carbons (Fsp3) is 0.481. The van der Waals surface area contributed by atoms with Gasteiger partial charge in [0.05, 0.1) is 30.1 Å². The predicted molar refractivity (Wildman–Crippen MR) is 131 cm³/mol. The molecule has 0 unspecified atom stereocenters. The molecule has 0 radical (unpaired) electrons. The van der Waals surface area contributed by atoms with Crippen molar-refractivity contribution in [2.24, 2.45) is 11.8 Å². The van der Waals surface area contributed by atoms with Gasteiger partial charge in [-0.3, -0.25) is 19.4 Å². The van der Waals surface area contributed by atoms with E-state index < -0.39 is 5.60 Å². The van der Waals surface area contributed by atoms with Gasteiger partial charge in [0.1, 0.15) is 12.1 Å². The maximum atomic E-state index is 13.3. The Morgan fingerprint density at radius 3 is 2.89 bits per heavy atom. The molecule has 4 heterocycles. The summed E-state index contributed by atoms with van der Waals surface area (Å²) in [7, 11) is 0. The number of likely N-dealkylation sites (tertiary alicyclic amines) is 1. The lowest BCUT2D eigenvalue weighted by Gasteiger charge is -2.53. The number of amides is 2. The van der Waals surface area contributed by atoms with Crippen molar-refractivity contribution in [1.82, 2.24) is 4.90 Å². The Labute approximate surface area is 204 Å². The number of nitrogens with zero attached hydrogens (tertiary/aromatic N) is 2. The van der Waals surface area contributed by atoms with E-state index in [1.165, 1.54) is 0 Å². The number of carbonyl (C=O) groups excluding carboxylic acids is 2. The van der Waals surface area contributed by atoms with Crippen LogP contribution in [0.15, 0.2) is 42.5 Å². The average Bonchev–Trinajstić information content (AvgIpc) is 2.83. The second-order valence-electron chi connectivity index (χ2n) is 10.7. The van der Waals surface area contributed by atoms with Gasteiger partial charge in [-0.15, -0.1) is 0 Å². The molecule has 2 N–H and O–H groups in total. The monoisotopic (exact) mass is 477 g/mol. The number of piperidine rings is 1. The largest absolute Gasteiger partial charge is 0.504 e. The van der Waals surface area contributed by atoms with Gasteiger partial charge in [0.15, 0.2) is 11.5 Å². The van der Waals surface area contributed by atoms with Crippen LogP contribution in [0.3, 0.4) is 0 Å². The molecular weight excluding hydrogens is 446 g/mol. The lowest BCUT2D eigenvalue weighted by molar-refractivity contribution is -0.187. The summed E-state index contributed by atoms with van der Waals surface area (Å²) >= 11 is 0. The van der Waals surface area contributed by atoms with Crippen molar-refractivity contribution in [3.63, 3.8) is 0 Å². The first-order valence-electron chi connectivity index (χ1n) is 12.4. The Bertz CT molecular complexity index is 1180. The molecule has 4 atom stereocenters. The van der Waals surface area contributed by atoms with E-state index >= 15 is 0 Å². The summed E-state index contributed by atoms with van der Waals surface area (Å²) in [4.78, 5) is 29.2. The Kier molecular flexibility index (Phi) is 5.27. The number of para-hydroxylation sites is 3. The zero-order chi connectivity index (χ0) is 24.3. The van der Waals surface area contributed by atoms with Crippen LogP contribution in [0.2, 0.25) is 0 Å². The van der Waals surface area contributed by atoms with E-state index in [-0.39, 0.29) is 54.7 Å². The molecule has 8 nitrogen and oxygen atoms in total. The summed E-state index contributed by atoms with van der Waals surface area (Å²) in [5, 5.41) is 13.2. The molecule has 2 saturated heterocycles. The zero-order valence-corrected chi connectivity index (χ0v) is 20.1. The first-order chi connectivity index (χ1) is 16.8. The molecule has 2 aromatic carbocycles. The van der Waals surface area contributed by atoms with Crippen molar-refractivity contribution < 1.29 is 24.2 Å². The topological polar surface area (TPSA) is 91.3 Å². The Morgan fingerprint density at radius 2 is 2.03 bits per heavy atom. The van der Waals surface area contributed by atoms with Crippen molar-refractivity contribution in [1.29, 1.82) is 0 Å². The molecule has 4 aliphatic rings. The van der Waals surface area contributed by atoms with E-state index in [4.69, 9.17) is 9.47 Å². The van der Waals surface area contributed by atoms with E-state index in [2.05, 4.69) is 24.1 Å². The third-order valence-corrected chi connectivity index (χ3v) is 8.01. The van der Waals surface area contributed by atoms with Gasteiger partial charge in [-0.05, 0) is 50.8 Å². The van der Waals surface area contributed by atoms with Crippen LogP contribution in [0.25, 0.3) is 0 Å². The molecule has 0 saturated carbocycles. The minimum atomic E-state index is -0.482. The fourth-order valence-corrected chi connectivity index (χ4v) is 6.25. The highest BCUT2D eigenvalue weighted by Crippen LogP contribution is 2.54. The fourth-order valence-electron chi connectivity index (χ4n) is 6.25. The smallest absolute Gasteiger partial charge is 0.244 e. The average molecular weight is 478 g/mol. The number of carbonyl (C=O) groups is 2. The van der Waals surface area contributed by atoms with Gasteiger partial charge in [-0.1, -0.05) is 24.3 Å². The number of hydrogen-bond acceptors (Lipinski definition) is 6. The first kappa shape index (κ1) is 22.4. The number of ether oxygens (including phenoxy) is 2. The minimum absolute atomic E-state index is 0.0421. The number of phenolic OH excluding ortho intramolecular Hbond substituents is 1. The summed E-state index contributed by atoms with van der Waals surface area (Å²) in [6, 6.07) is 12.9. The number of phenols is 1. The van der Waals surface area contributed by atoms with Crippen LogP contribution in [0.4, 0.5) is 11.4 Å². The summed E-state index contributed by atoms with van der Waals surface area (Å²) < 4.78 is 12.9. The van der Waals surface area contributed by atoms with E-state index in [0.717, 1.165) is 37.2 Å². The third-order valence-electron chi connectivity index (χ3n) is 8.01. The number of anilines is 2. The van der Waals surface area contributed by atoms with Crippen molar-refractivity contribution >= 4 is 23.2 Å². The second kappa shape index (κ2) is 8.24. The lowest BCUT2D eigenvalue weighted by Crippen LogP contribution is -2.56. The number of fused-ring (bicyclic) bond motifs is 5. The Balaban J connectivity index is 1.17. The van der Waals surface area contributed by atoms with E-state index in [9.17, 15) is 14.7 Å². The molecule has 2 amide bonds. The van der Waals surface area contributed by atoms with Crippen LogP contribution in [0.5, 0.6) is 11.5 Å². The highest BCUT2D eigenvalue weighted by molar-refractivity contribution is 6.10. The van der Waals surface area contributed by atoms with Gasteiger partial charge in [-0.2, -0.15) is 0 Å². The summed E-state index contributed by atoms with van der Waals surface area (Å²) in [5.74, 6) is 0.884. The zero-order valence-electron chi connectivity index (χ0n) is 20.1. The standard InChI is InChI=1S/C27H31N3O5/c1-27(2)18-12-16-13-29(15-24(33)30-14-23(32)28-19-7-3-4-8-20(19)30)11-10-22(16)34-25(18)17-6-5-9-21(31)26(17)35-27/h3-9,16,18,22,25,31H,10-15H2,1-2H3,(H,28,32)/t16-,18-,22-,25+/m1/s1. The van der Waals surface area contributed by atoms with Gasteiger partial charge >= 0.3 is 0 Å². The summed E-state index contributed by atoms with van der Waals surface area (Å²) in [6.07, 6.45) is 1.76. The molecule has 0 aliphatic carbocycles. The predicted octanol–water partition coefficient (Wildman–Crippen LogP) is 3.32. The van der Waals surface area contributed by atoms with E-state index in [0.29, 0.717) is 11.4 Å². The molecule has 2 aromatic rings. The molecule has 4 aliphatic heterocycles. The van der Waals surface area contributed by atoms with Crippen molar-refractivity contribution in [2.45, 2.75) is 44.5 Å². The Hall–Kier alpha value is -3.10. The highest BCUT2D eigenvalue weighted by atomic mass is 16.5. The van der Waals surface area contributed by atoms with Crippen LogP contribution in [-0.4, -0.2) is 59.7 Å². The minimum Gasteiger partial charge on any atom is -0.504 e. The molecule has 184 valence electrons. The number of aromatic hydroxyl groups is 1. The molecule has 35 heavy (non-hydrogen) atoms. The molecule has 8 heteroatoms. The second-order valence-corrected chi connectivity index (χ2v) is 10.7. The first-order valence-corrected chi connectivity index (χ1v) is 12.4. The van der Waals surface area contributed by atoms with Crippen LogP contribution in [0, 0.1) is 11.8 Å². The van der Waals surface area contributed by atoms with Crippen LogP contribution in [0.1, 0.15) is 38.4 Å². The van der Waals surface area contributed by atoms with Gasteiger partial charge in [0.25, 0.3) is 0 Å². The van der Waals surface area contributed by atoms with Crippen LogP contribution >= 0.6 is 0 Å². The van der Waals surface area contributed by atoms with Gasteiger partial charge in [-0.25, -0.2) is 0 Å². The van der Waals surface area contributed by atoms with Crippen molar-refractivity contribution in [3.8, 4) is 11.5 Å². The van der Waals surface area contributed by atoms with Crippen molar-refractivity contribution in [2.75, 3.05) is 36.4 Å². The Morgan fingerprint density at radius 1 is 1.20 bits per heavy atom. The molecule has 2 fully saturated rings. The number of benzene rings is 2. The number of nitrogens with one attached hydrogen (secondary N) is 1. The third kappa shape index (κ3) is 3.85. The maximum absolute atomic E-state index is 13.3. The number of rotatable bonds is 2.